The SMILES string of the molecule is C=CC(=O)OC(C(=O)CCC)C(C)O. The highest BCUT2D eigenvalue weighted by Gasteiger charge is 2.25. The van der Waals surface area contributed by atoms with Crippen LogP contribution in [0, 0.1) is 0 Å². The Hall–Kier alpha value is -1.16. The minimum Gasteiger partial charge on any atom is -0.448 e. The maximum atomic E-state index is 11.4. The fourth-order valence-electron chi connectivity index (χ4n) is 0.995. The number of ketones is 1. The van der Waals surface area contributed by atoms with Gasteiger partial charge in [0.05, 0.1) is 6.10 Å². The molecule has 0 fully saturated rings. The molecule has 0 bridgehead atoms. The Balaban J connectivity index is 4.36. The van der Waals surface area contributed by atoms with Crippen molar-refractivity contribution < 1.29 is 19.4 Å². The third-order valence-corrected chi connectivity index (χ3v) is 1.66. The third kappa shape index (κ3) is 4.18. The van der Waals surface area contributed by atoms with E-state index in [0.29, 0.717) is 12.8 Å². The van der Waals surface area contributed by atoms with Gasteiger partial charge in [-0.05, 0) is 13.3 Å². The maximum Gasteiger partial charge on any atom is 0.330 e. The van der Waals surface area contributed by atoms with E-state index in [9.17, 15) is 14.7 Å². The van der Waals surface area contributed by atoms with Crippen molar-refractivity contribution in [2.24, 2.45) is 0 Å². The van der Waals surface area contributed by atoms with Gasteiger partial charge in [0.2, 0.25) is 0 Å². The minimum atomic E-state index is -1.07. The molecule has 0 aliphatic carbocycles. The highest BCUT2D eigenvalue weighted by atomic mass is 16.6. The summed E-state index contributed by atoms with van der Waals surface area (Å²) in [5.41, 5.74) is 0. The van der Waals surface area contributed by atoms with Crippen molar-refractivity contribution in [3.05, 3.63) is 12.7 Å². The number of hydrogen-bond acceptors (Lipinski definition) is 4. The van der Waals surface area contributed by atoms with E-state index < -0.39 is 18.2 Å². The molecule has 2 unspecified atom stereocenters. The highest BCUT2D eigenvalue weighted by molar-refractivity contribution is 5.88. The minimum absolute atomic E-state index is 0.266. The zero-order valence-corrected chi connectivity index (χ0v) is 8.53. The van der Waals surface area contributed by atoms with Crippen LogP contribution in [-0.2, 0) is 14.3 Å². The van der Waals surface area contributed by atoms with Crippen LogP contribution in [0.25, 0.3) is 0 Å². The average molecular weight is 200 g/mol. The number of ether oxygens (including phenoxy) is 1. The molecule has 0 aromatic heterocycles. The number of aliphatic hydroxyl groups is 1. The molecule has 1 N–H and O–H groups in total. The number of hydrogen-bond donors (Lipinski definition) is 1. The van der Waals surface area contributed by atoms with E-state index in [0.717, 1.165) is 6.08 Å². The largest absolute Gasteiger partial charge is 0.448 e. The molecular formula is C10H16O4. The van der Waals surface area contributed by atoms with E-state index in [1.165, 1.54) is 6.92 Å². The van der Waals surface area contributed by atoms with Crippen LogP contribution in [0.2, 0.25) is 0 Å². The van der Waals surface area contributed by atoms with Crippen LogP contribution in [-0.4, -0.2) is 29.1 Å². The van der Waals surface area contributed by atoms with Gasteiger partial charge in [0.1, 0.15) is 0 Å². The molecule has 80 valence electrons. The zero-order chi connectivity index (χ0) is 11.1. The van der Waals surface area contributed by atoms with Crippen LogP contribution in [0.4, 0.5) is 0 Å². The van der Waals surface area contributed by atoms with Gasteiger partial charge in [-0.3, -0.25) is 4.79 Å². The van der Waals surface area contributed by atoms with Crippen molar-refractivity contribution in [1.29, 1.82) is 0 Å². The lowest BCUT2D eigenvalue weighted by Gasteiger charge is -2.17. The summed E-state index contributed by atoms with van der Waals surface area (Å²) in [5, 5.41) is 9.22. The second kappa shape index (κ2) is 6.32. The number of Topliss-reactive ketones (excluding diaryl/α,β-unsaturated/α-hetero) is 1. The monoisotopic (exact) mass is 200 g/mol. The molecule has 2 atom stereocenters. The normalized spacial score (nSPS) is 14.2. The predicted octanol–water partition coefficient (Wildman–Crippen LogP) is 0.834. The molecule has 4 heteroatoms. The lowest BCUT2D eigenvalue weighted by atomic mass is 10.1. The molecule has 4 nitrogen and oxygen atoms in total. The third-order valence-electron chi connectivity index (χ3n) is 1.66. The molecule has 0 heterocycles. The Kier molecular flexibility index (Phi) is 5.79. The summed E-state index contributed by atoms with van der Waals surface area (Å²) in [5.74, 6) is -0.960. The van der Waals surface area contributed by atoms with Gasteiger partial charge < -0.3 is 9.84 Å². The topological polar surface area (TPSA) is 63.6 Å². The first-order chi connectivity index (χ1) is 6.52. The van der Waals surface area contributed by atoms with Crippen LogP contribution in [0.5, 0.6) is 0 Å². The van der Waals surface area contributed by atoms with E-state index in [-0.39, 0.29) is 5.78 Å². The molecule has 14 heavy (non-hydrogen) atoms. The number of aliphatic hydroxyl groups excluding tert-OH is 1. The van der Waals surface area contributed by atoms with Crippen molar-refractivity contribution in [3.63, 3.8) is 0 Å². The first-order valence-electron chi connectivity index (χ1n) is 4.56. The summed E-state index contributed by atoms with van der Waals surface area (Å²) in [4.78, 5) is 22.2. The van der Waals surface area contributed by atoms with E-state index >= 15 is 0 Å². The van der Waals surface area contributed by atoms with Crippen LogP contribution in [0.1, 0.15) is 26.7 Å². The van der Waals surface area contributed by atoms with Gasteiger partial charge in [0.15, 0.2) is 11.9 Å². The Morgan fingerprint density at radius 1 is 1.57 bits per heavy atom. The van der Waals surface area contributed by atoms with Crippen LogP contribution in [0.3, 0.4) is 0 Å². The van der Waals surface area contributed by atoms with Gasteiger partial charge in [-0.2, -0.15) is 0 Å². The van der Waals surface area contributed by atoms with Gasteiger partial charge in [0, 0.05) is 12.5 Å². The highest BCUT2D eigenvalue weighted by Crippen LogP contribution is 2.06. The number of carbonyl (C=O) groups excluding carboxylic acids is 2. The van der Waals surface area contributed by atoms with E-state index in [2.05, 4.69) is 6.58 Å². The van der Waals surface area contributed by atoms with E-state index in [1.54, 1.807) is 0 Å². The first kappa shape index (κ1) is 12.8. The van der Waals surface area contributed by atoms with Gasteiger partial charge in [0.25, 0.3) is 0 Å². The Labute approximate surface area is 83.6 Å². The number of carbonyl (C=O) groups is 2. The molecule has 0 rings (SSSR count). The zero-order valence-electron chi connectivity index (χ0n) is 8.53. The summed E-state index contributed by atoms with van der Waals surface area (Å²) in [6, 6.07) is 0. The second-order valence-corrected chi connectivity index (χ2v) is 3.02. The fourth-order valence-corrected chi connectivity index (χ4v) is 0.995. The van der Waals surface area contributed by atoms with Crippen molar-refractivity contribution >= 4 is 11.8 Å². The Morgan fingerprint density at radius 3 is 2.50 bits per heavy atom. The number of rotatable bonds is 6. The summed E-state index contributed by atoms with van der Waals surface area (Å²) >= 11 is 0. The molecule has 0 spiro atoms. The summed E-state index contributed by atoms with van der Waals surface area (Å²) < 4.78 is 4.72. The van der Waals surface area contributed by atoms with Crippen LogP contribution in [0.15, 0.2) is 12.7 Å². The first-order valence-corrected chi connectivity index (χ1v) is 4.56. The Bertz CT molecular complexity index is 220. The molecular weight excluding hydrogens is 184 g/mol. The van der Waals surface area contributed by atoms with Crippen molar-refractivity contribution in [1.82, 2.24) is 0 Å². The standard InChI is InChI=1S/C10H16O4/c1-4-6-8(12)10(7(3)11)14-9(13)5-2/h5,7,10-11H,2,4,6H2,1,3H3. The molecule has 0 amide bonds. The quantitative estimate of drug-likeness (QED) is 0.509. The fraction of sp³-hybridized carbons (Fsp3) is 0.600. The maximum absolute atomic E-state index is 11.4. The molecule has 0 saturated heterocycles. The molecule has 0 aromatic rings. The second-order valence-electron chi connectivity index (χ2n) is 3.02. The molecule has 0 aromatic carbocycles. The van der Waals surface area contributed by atoms with Crippen molar-refractivity contribution in [2.45, 2.75) is 38.9 Å². The summed E-state index contributed by atoms with van der Waals surface area (Å²) in [6.07, 6.45) is -0.138. The molecule has 0 saturated carbocycles. The summed E-state index contributed by atoms with van der Waals surface area (Å²) in [6.45, 7) is 6.46. The van der Waals surface area contributed by atoms with Gasteiger partial charge >= 0.3 is 5.97 Å². The predicted molar refractivity (Wildman–Crippen MR) is 51.7 cm³/mol. The molecule has 0 radical (unpaired) electrons. The smallest absolute Gasteiger partial charge is 0.330 e. The average Bonchev–Trinajstić information content (AvgIpc) is 2.13. The van der Waals surface area contributed by atoms with Crippen molar-refractivity contribution in [3.8, 4) is 0 Å². The van der Waals surface area contributed by atoms with E-state index in [4.69, 9.17) is 4.74 Å². The van der Waals surface area contributed by atoms with Crippen LogP contribution < -0.4 is 0 Å². The lowest BCUT2D eigenvalue weighted by molar-refractivity contribution is -0.156. The summed E-state index contributed by atoms with van der Waals surface area (Å²) in [7, 11) is 0. The van der Waals surface area contributed by atoms with E-state index in [1.807, 2.05) is 6.92 Å². The van der Waals surface area contributed by atoms with Gasteiger partial charge in [-0.25, -0.2) is 4.79 Å². The van der Waals surface area contributed by atoms with Gasteiger partial charge in [-0.1, -0.05) is 13.5 Å². The Morgan fingerprint density at radius 2 is 2.14 bits per heavy atom. The van der Waals surface area contributed by atoms with Crippen molar-refractivity contribution in [2.75, 3.05) is 0 Å². The van der Waals surface area contributed by atoms with Crippen LogP contribution >= 0.6 is 0 Å². The molecule has 0 aliphatic heterocycles. The number of esters is 1. The van der Waals surface area contributed by atoms with Gasteiger partial charge in [-0.15, -0.1) is 0 Å². The molecule has 0 aliphatic rings. The lowest BCUT2D eigenvalue weighted by Crippen LogP contribution is -2.36.